The van der Waals surface area contributed by atoms with Gasteiger partial charge in [0.15, 0.2) is 5.88 Å². The summed E-state index contributed by atoms with van der Waals surface area (Å²) in [7, 11) is -0.862. The summed E-state index contributed by atoms with van der Waals surface area (Å²) in [5.41, 5.74) is 0. The molecule has 0 amide bonds. The van der Waals surface area contributed by atoms with Crippen LogP contribution in [0.3, 0.4) is 0 Å². The normalized spacial score (nSPS) is 12.4. The number of carboxylic acids is 1. The smallest absolute Gasteiger partial charge is 0.371 e. The number of aromatic carboxylic acids is 1. The number of hydrogen-bond acceptors (Lipinski definition) is 4. The largest absolute Gasteiger partial charge is 0.475 e. The molecule has 0 aliphatic heterocycles. The molecule has 1 atom stereocenters. The third-order valence-corrected chi connectivity index (χ3v) is 2.28. The summed E-state index contributed by atoms with van der Waals surface area (Å²) in [6.07, 6.45) is 1.60. The minimum Gasteiger partial charge on any atom is -0.475 e. The van der Waals surface area contributed by atoms with Gasteiger partial charge < -0.3 is 14.8 Å². The summed E-state index contributed by atoms with van der Waals surface area (Å²) in [4.78, 5) is 10.4. The number of carboxylic acid groups (broad SMARTS) is 1. The molecule has 1 unspecified atom stereocenters. The average Bonchev–Trinajstić information content (AvgIpc) is 2.52. The van der Waals surface area contributed by atoms with Crippen molar-refractivity contribution in [2.45, 2.75) is 0 Å². The van der Waals surface area contributed by atoms with Gasteiger partial charge in [0.2, 0.25) is 5.76 Å². The first-order chi connectivity index (χ1) is 6.59. The van der Waals surface area contributed by atoms with E-state index in [4.69, 9.17) is 9.52 Å². The van der Waals surface area contributed by atoms with Crippen molar-refractivity contribution in [3.8, 4) is 0 Å². The van der Waals surface area contributed by atoms with Crippen LogP contribution in [0.1, 0.15) is 10.6 Å². The van der Waals surface area contributed by atoms with Crippen molar-refractivity contribution < 1.29 is 18.5 Å². The molecule has 0 aromatic carbocycles. The standard InChI is InChI=1S/C8H11NO4S/c1-14(12)5-4-9-7-3-2-6(13-7)8(10)11/h2-3,9H,4-5H2,1H3,(H,10,11). The van der Waals surface area contributed by atoms with Gasteiger partial charge in [-0.25, -0.2) is 4.79 Å². The molecule has 0 spiro atoms. The topological polar surface area (TPSA) is 79.5 Å². The molecule has 0 fully saturated rings. The predicted octanol–water partition coefficient (Wildman–Crippen LogP) is 0.768. The Morgan fingerprint density at radius 3 is 2.86 bits per heavy atom. The summed E-state index contributed by atoms with van der Waals surface area (Å²) < 4.78 is 15.6. The lowest BCUT2D eigenvalue weighted by Gasteiger charge is -1.99. The molecule has 1 aromatic heterocycles. The monoisotopic (exact) mass is 217 g/mol. The van der Waals surface area contributed by atoms with Crippen molar-refractivity contribution in [1.29, 1.82) is 0 Å². The fourth-order valence-corrected chi connectivity index (χ4v) is 1.26. The van der Waals surface area contributed by atoms with E-state index in [9.17, 15) is 9.00 Å². The van der Waals surface area contributed by atoms with Crippen LogP contribution in [0.2, 0.25) is 0 Å². The highest BCUT2D eigenvalue weighted by Crippen LogP contribution is 2.12. The second-order valence-electron chi connectivity index (χ2n) is 2.67. The third kappa shape index (κ3) is 3.21. The lowest BCUT2D eigenvalue weighted by Crippen LogP contribution is -2.09. The van der Waals surface area contributed by atoms with Crippen molar-refractivity contribution in [3.05, 3.63) is 17.9 Å². The molecule has 0 saturated carbocycles. The van der Waals surface area contributed by atoms with Gasteiger partial charge in [0, 0.05) is 35.4 Å². The lowest BCUT2D eigenvalue weighted by atomic mass is 10.5. The number of hydrogen-bond donors (Lipinski definition) is 2. The minimum absolute atomic E-state index is 0.106. The number of carbonyl (C=O) groups is 1. The van der Waals surface area contributed by atoms with E-state index >= 15 is 0 Å². The number of anilines is 1. The SMILES string of the molecule is CS(=O)CCNc1ccc(C(=O)O)o1. The highest BCUT2D eigenvalue weighted by atomic mass is 32.2. The Morgan fingerprint density at radius 2 is 2.36 bits per heavy atom. The molecule has 0 aliphatic carbocycles. The molecule has 0 aliphatic rings. The van der Waals surface area contributed by atoms with Crippen molar-refractivity contribution >= 4 is 22.7 Å². The van der Waals surface area contributed by atoms with Gasteiger partial charge in [-0.3, -0.25) is 4.21 Å². The Kier molecular flexibility index (Phi) is 3.70. The Labute approximate surface area is 83.6 Å². The first-order valence-corrected chi connectivity index (χ1v) is 5.69. The van der Waals surface area contributed by atoms with Gasteiger partial charge >= 0.3 is 5.97 Å². The van der Waals surface area contributed by atoms with Crippen LogP contribution in [0.15, 0.2) is 16.5 Å². The van der Waals surface area contributed by atoms with E-state index in [1.807, 2.05) is 0 Å². The van der Waals surface area contributed by atoms with Gasteiger partial charge in [0.25, 0.3) is 0 Å². The third-order valence-electron chi connectivity index (χ3n) is 1.51. The second-order valence-corrected chi connectivity index (χ2v) is 4.23. The maximum absolute atomic E-state index is 10.7. The molecule has 14 heavy (non-hydrogen) atoms. The highest BCUT2D eigenvalue weighted by molar-refractivity contribution is 7.84. The number of nitrogens with one attached hydrogen (secondary N) is 1. The molecule has 1 heterocycles. The molecule has 1 aromatic rings. The van der Waals surface area contributed by atoms with Crippen molar-refractivity contribution in [3.63, 3.8) is 0 Å². The molecule has 78 valence electrons. The van der Waals surface area contributed by atoms with E-state index in [0.29, 0.717) is 18.2 Å². The maximum Gasteiger partial charge on any atom is 0.371 e. The molecule has 0 radical (unpaired) electrons. The lowest BCUT2D eigenvalue weighted by molar-refractivity contribution is 0.0663. The van der Waals surface area contributed by atoms with E-state index in [-0.39, 0.29) is 5.76 Å². The molecular weight excluding hydrogens is 206 g/mol. The molecule has 5 nitrogen and oxygen atoms in total. The van der Waals surface area contributed by atoms with Crippen LogP contribution >= 0.6 is 0 Å². The average molecular weight is 217 g/mol. The Bertz CT molecular complexity index is 347. The zero-order chi connectivity index (χ0) is 10.6. The maximum atomic E-state index is 10.7. The molecule has 0 saturated heterocycles. The Balaban J connectivity index is 2.44. The van der Waals surface area contributed by atoms with Gasteiger partial charge in [0.1, 0.15) is 0 Å². The molecule has 6 heteroatoms. The van der Waals surface area contributed by atoms with Crippen molar-refractivity contribution in [2.24, 2.45) is 0 Å². The van der Waals surface area contributed by atoms with E-state index in [1.165, 1.54) is 12.1 Å². The summed E-state index contributed by atoms with van der Waals surface area (Å²) in [5.74, 6) is -0.321. The van der Waals surface area contributed by atoms with Gasteiger partial charge in [-0.2, -0.15) is 0 Å². The van der Waals surface area contributed by atoms with Crippen LogP contribution < -0.4 is 5.32 Å². The Hall–Kier alpha value is -1.30. The van der Waals surface area contributed by atoms with Gasteiger partial charge in [-0.1, -0.05) is 0 Å². The molecular formula is C8H11NO4S. The fraction of sp³-hybridized carbons (Fsp3) is 0.375. The Morgan fingerprint density at radius 1 is 1.64 bits per heavy atom. The van der Waals surface area contributed by atoms with Crippen LogP contribution in [-0.4, -0.2) is 33.8 Å². The van der Waals surface area contributed by atoms with Gasteiger partial charge in [-0.05, 0) is 6.07 Å². The summed E-state index contributed by atoms with van der Waals surface area (Å²) in [6.45, 7) is 0.496. The van der Waals surface area contributed by atoms with E-state index in [2.05, 4.69) is 5.32 Å². The van der Waals surface area contributed by atoms with Gasteiger partial charge in [-0.15, -0.1) is 0 Å². The first-order valence-electron chi connectivity index (χ1n) is 3.96. The van der Waals surface area contributed by atoms with Crippen LogP contribution in [0.25, 0.3) is 0 Å². The van der Waals surface area contributed by atoms with Crippen LogP contribution in [-0.2, 0) is 10.8 Å². The zero-order valence-electron chi connectivity index (χ0n) is 7.65. The van der Waals surface area contributed by atoms with Gasteiger partial charge in [0.05, 0.1) is 0 Å². The zero-order valence-corrected chi connectivity index (χ0v) is 8.47. The highest BCUT2D eigenvalue weighted by Gasteiger charge is 2.07. The molecule has 0 bridgehead atoms. The van der Waals surface area contributed by atoms with E-state index < -0.39 is 16.8 Å². The quantitative estimate of drug-likeness (QED) is 0.761. The summed E-state index contributed by atoms with van der Waals surface area (Å²) in [6, 6.07) is 2.90. The van der Waals surface area contributed by atoms with Crippen molar-refractivity contribution in [2.75, 3.05) is 23.9 Å². The number of furan rings is 1. The first kappa shape index (κ1) is 10.8. The van der Waals surface area contributed by atoms with Crippen LogP contribution in [0.5, 0.6) is 0 Å². The molecule has 2 N–H and O–H groups in total. The fourth-order valence-electron chi connectivity index (χ4n) is 0.866. The summed E-state index contributed by atoms with van der Waals surface area (Å²) in [5, 5.41) is 11.4. The van der Waals surface area contributed by atoms with Crippen molar-refractivity contribution in [1.82, 2.24) is 0 Å². The van der Waals surface area contributed by atoms with E-state index in [1.54, 1.807) is 6.26 Å². The van der Waals surface area contributed by atoms with Crippen LogP contribution in [0.4, 0.5) is 5.88 Å². The summed E-state index contributed by atoms with van der Waals surface area (Å²) >= 11 is 0. The number of rotatable bonds is 5. The second kappa shape index (κ2) is 4.80. The minimum atomic E-state index is -1.10. The molecule has 1 rings (SSSR count). The van der Waals surface area contributed by atoms with Crippen LogP contribution in [0, 0.1) is 0 Å². The predicted molar refractivity (Wildman–Crippen MR) is 53.1 cm³/mol. The van der Waals surface area contributed by atoms with E-state index in [0.717, 1.165) is 0 Å².